The highest BCUT2D eigenvalue weighted by Crippen LogP contribution is 2.11. The fourth-order valence-corrected chi connectivity index (χ4v) is 2.41. The molecular weight excluding hydrogens is 274 g/mol. The minimum atomic E-state index is -3.14. The number of pyridine rings is 1. The number of nitrogens with one attached hydrogen (secondary N) is 1. The van der Waals surface area contributed by atoms with Crippen molar-refractivity contribution >= 4 is 15.5 Å². The maximum Gasteiger partial charge on any atom is 0.175 e. The zero-order valence-electron chi connectivity index (χ0n) is 11.2. The molecule has 1 aromatic heterocycles. The number of nitrogen functional groups attached to an aromatic ring is 1. The highest BCUT2D eigenvalue weighted by Gasteiger charge is 2.06. The zero-order valence-corrected chi connectivity index (χ0v) is 12.0. The van der Waals surface area contributed by atoms with Gasteiger partial charge in [-0.3, -0.25) is 4.98 Å². The van der Waals surface area contributed by atoms with Crippen LogP contribution >= 0.6 is 0 Å². The molecule has 0 aliphatic carbocycles. The third kappa shape index (κ3) is 3.79. The van der Waals surface area contributed by atoms with Gasteiger partial charge in [-0.1, -0.05) is 12.1 Å². The molecule has 1 aromatic carbocycles. The molecule has 5 nitrogen and oxygen atoms in total. The van der Waals surface area contributed by atoms with Crippen LogP contribution in [-0.2, 0) is 22.9 Å². The average Bonchev–Trinajstić information content (AvgIpc) is 2.40. The molecular formula is C14H17N3O2S. The molecule has 1 heterocycles. The Morgan fingerprint density at radius 2 is 1.85 bits per heavy atom. The van der Waals surface area contributed by atoms with Gasteiger partial charge >= 0.3 is 0 Å². The fourth-order valence-electron chi connectivity index (χ4n) is 1.78. The van der Waals surface area contributed by atoms with Crippen LogP contribution in [0.25, 0.3) is 0 Å². The van der Waals surface area contributed by atoms with Crippen LogP contribution in [0.5, 0.6) is 0 Å². The monoisotopic (exact) mass is 291 g/mol. The standard InChI is InChI=1S/C14H17N3O2S/c1-20(18,19)12-6-4-11(5-7-12)9-16-10-14-13(15)3-2-8-17-14/h2-8,16H,9-10,15H2,1H3. The lowest BCUT2D eigenvalue weighted by Gasteiger charge is -2.07. The second-order valence-electron chi connectivity index (χ2n) is 4.56. The minimum Gasteiger partial charge on any atom is -0.397 e. The van der Waals surface area contributed by atoms with Crippen LogP contribution < -0.4 is 11.1 Å². The van der Waals surface area contributed by atoms with Crippen LogP contribution in [0.3, 0.4) is 0 Å². The van der Waals surface area contributed by atoms with Gasteiger partial charge in [0.1, 0.15) is 0 Å². The molecule has 0 bridgehead atoms. The Balaban J connectivity index is 1.94. The Morgan fingerprint density at radius 1 is 1.15 bits per heavy atom. The molecule has 20 heavy (non-hydrogen) atoms. The molecule has 0 atom stereocenters. The van der Waals surface area contributed by atoms with Crippen LogP contribution in [0.15, 0.2) is 47.5 Å². The zero-order chi connectivity index (χ0) is 14.6. The van der Waals surface area contributed by atoms with Crippen LogP contribution in [0.4, 0.5) is 5.69 Å². The summed E-state index contributed by atoms with van der Waals surface area (Å²) >= 11 is 0. The summed E-state index contributed by atoms with van der Waals surface area (Å²) in [5.74, 6) is 0. The summed E-state index contributed by atoms with van der Waals surface area (Å²) in [6.45, 7) is 1.19. The lowest BCUT2D eigenvalue weighted by Crippen LogP contribution is -2.15. The van der Waals surface area contributed by atoms with E-state index in [0.29, 0.717) is 23.7 Å². The topological polar surface area (TPSA) is 85.1 Å². The number of sulfone groups is 1. The maximum atomic E-state index is 11.3. The largest absolute Gasteiger partial charge is 0.397 e. The summed E-state index contributed by atoms with van der Waals surface area (Å²) in [6.07, 6.45) is 2.90. The van der Waals surface area contributed by atoms with Crippen molar-refractivity contribution in [2.45, 2.75) is 18.0 Å². The number of benzene rings is 1. The van der Waals surface area contributed by atoms with Crippen LogP contribution in [0.1, 0.15) is 11.3 Å². The number of nitrogens with zero attached hydrogens (tertiary/aromatic N) is 1. The van der Waals surface area contributed by atoms with E-state index >= 15 is 0 Å². The van der Waals surface area contributed by atoms with Crippen molar-refractivity contribution in [1.82, 2.24) is 10.3 Å². The van der Waals surface area contributed by atoms with Crippen LogP contribution in [0, 0.1) is 0 Å². The van der Waals surface area contributed by atoms with E-state index in [1.807, 2.05) is 6.07 Å². The molecule has 0 fully saturated rings. The average molecular weight is 291 g/mol. The quantitative estimate of drug-likeness (QED) is 0.868. The van der Waals surface area contributed by atoms with E-state index in [2.05, 4.69) is 10.3 Å². The lowest BCUT2D eigenvalue weighted by atomic mass is 10.2. The summed E-state index contributed by atoms with van der Waals surface area (Å²) in [5.41, 5.74) is 8.27. The normalized spacial score (nSPS) is 11.4. The number of hydrogen-bond acceptors (Lipinski definition) is 5. The Labute approximate surface area is 118 Å². The van der Waals surface area contributed by atoms with E-state index in [1.165, 1.54) is 6.26 Å². The Kier molecular flexibility index (Phi) is 4.36. The van der Waals surface area contributed by atoms with E-state index in [9.17, 15) is 8.42 Å². The molecule has 2 aromatic rings. The van der Waals surface area contributed by atoms with Gasteiger partial charge in [-0.2, -0.15) is 0 Å². The first-order valence-corrected chi connectivity index (χ1v) is 8.05. The third-order valence-electron chi connectivity index (χ3n) is 2.90. The first-order chi connectivity index (χ1) is 9.47. The maximum absolute atomic E-state index is 11.3. The van der Waals surface area contributed by atoms with Crippen molar-refractivity contribution in [2.24, 2.45) is 0 Å². The van der Waals surface area contributed by atoms with Crippen LogP contribution in [0.2, 0.25) is 0 Å². The summed E-state index contributed by atoms with van der Waals surface area (Å²) in [4.78, 5) is 4.52. The van der Waals surface area contributed by atoms with Gasteiger partial charge in [-0.25, -0.2) is 8.42 Å². The van der Waals surface area contributed by atoms with Crippen LogP contribution in [-0.4, -0.2) is 19.7 Å². The highest BCUT2D eigenvalue weighted by atomic mass is 32.2. The molecule has 2 rings (SSSR count). The second-order valence-corrected chi connectivity index (χ2v) is 6.57. The molecule has 0 saturated heterocycles. The van der Waals surface area contributed by atoms with Crippen molar-refractivity contribution in [2.75, 3.05) is 12.0 Å². The van der Waals surface area contributed by atoms with Crippen molar-refractivity contribution in [3.05, 3.63) is 53.9 Å². The van der Waals surface area contributed by atoms with Crippen molar-refractivity contribution < 1.29 is 8.42 Å². The molecule has 0 aliphatic rings. The molecule has 0 unspecified atom stereocenters. The van der Waals surface area contributed by atoms with Crippen molar-refractivity contribution in [1.29, 1.82) is 0 Å². The first-order valence-electron chi connectivity index (χ1n) is 6.16. The highest BCUT2D eigenvalue weighted by molar-refractivity contribution is 7.90. The fraction of sp³-hybridized carbons (Fsp3) is 0.214. The Bertz CT molecular complexity index is 682. The number of aromatic nitrogens is 1. The molecule has 0 saturated carbocycles. The summed E-state index contributed by atoms with van der Waals surface area (Å²) in [7, 11) is -3.14. The Hall–Kier alpha value is -1.92. The van der Waals surface area contributed by atoms with E-state index in [4.69, 9.17) is 5.73 Å². The smallest absolute Gasteiger partial charge is 0.175 e. The molecule has 3 N–H and O–H groups in total. The molecule has 0 radical (unpaired) electrons. The van der Waals surface area contributed by atoms with Gasteiger partial charge in [0.2, 0.25) is 0 Å². The SMILES string of the molecule is CS(=O)(=O)c1ccc(CNCc2ncccc2N)cc1. The van der Waals surface area contributed by atoms with Crippen molar-refractivity contribution in [3.8, 4) is 0 Å². The number of rotatable bonds is 5. The number of hydrogen-bond donors (Lipinski definition) is 2. The summed E-state index contributed by atoms with van der Waals surface area (Å²) < 4.78 is 22.7. The van der Waals surface area contributed by atoms with E-state index < -0.39 is 9.84 Å². The van der Waals surface area contributed by atoms with E-state index in [0.717, 1.165) is 11.3 Å². The van der Waals surface area contributed by atoms with E-state index in [1.54, 1.807) is 36.5 Å². The first kappa shape index (κ1) is 14.5. The van der Waals surface area contributed by atoms with E-state index in [-0.39, 0.29) is 0 Å². The van der Waals surface area contributed by atoms with Gasteiger partial charge in [0, 0.05) is 25.5 Å². The van der Waals surface area contributed by atoms with Gasteiger partial charge < -0.3 is 11.1 Å². The van der Waals surface area contributed by atoms with Gasteiger partial charge in [-0.05, 0) is 29.8 Å². The predicted molar refractivity (Wildman–Crippen MR) is 78.7 cm³/mol. The van der Waals surface area contributed by atoms with Gasteiger partial charge in [-0.15, -0.1) is 0 Å². The predicted octanol–water partition coefficient (Wildman–Crippen LogP) is 1.36. The molecule has 106 valence electrons. The molecule has 0 amide bonds. The molecule has 0 aliphatic heterocycles. The van der Waals surface area contributed by atoms with Crippen molar-refractivity contribution in [3.63, 3.8) is 0 Å². The summed E-state index contributed by atoms with van der Waals surface area (Å²) in [6, 6.07) is 10.4. The minimum absolute atomic E-state index is 0.329. The molecule has 0 spiro atoms. The number of nitrogens with two attached hydrogens (primary N) is 1. The number of anilines is 1. The second kappa shape index (κ2) is 6.02. The third-order valence-corrected chi connectivity index (χ3v) is 4.03. The molecule has 6 heteroatoms. The summed E-state index contributed by atoms with van der Waals surface area (Å²) in [5, 5.41) is 3.23. The van der Waals surface area contributed by atoms with Gasteiger partial charge in [0.15, 0.2) is 9.84 Å². The van der Waals surface area contributed by atoms with Gasteiger partial charge in [0.25, 0.3) is 0 Å². The lowest BCUT2D eigenvalue weighted by molar-refractivity contribution is 0.601. The Morgan fingerprint density at radius 3 is 2.45 bits per heavy atom. The van der Waals surface area contributed by atoms with Gasteiger partial charge in [0.05, 0.1) is 16.3 Å².